The highest BCUT2D eigenvalue weighted by Gasteiger charge is 2.23. The van der Waals surface area contributed by atoms with E-state index in [0.717, 1.165) is 55.8 Å². The minimum atomic E-state index is -0.0598. The Morgan fingerprint density at radius 3 is 2.25 bits per heavy atom. The van der Waals surface area contributed by atoms with Crippen LogP contribution in [0.1, 0.15) is 40.7 Å². The summed E-state index contributed by atoms with van der Waals surface area (Å²) in [5.41, 5.74) is 3.98. The van der Waals surface area contributed by atoms with Gasteiger partial charge in [-0.25, -0.2) is 0 Å². The Balaban J connectivity index is 1.24. The molecule has 0 spiro atoms. The number of nitrogens with zero attached hydrogens (tertiary/aromatic N) is 1. The zero-order valence-corrected chi connectivity index (χ0v) is 20.9. The predicted molar refractivity (Wildman–Crippen MR) is 144 cm³/mol. The second-order valence-corrected chi connectivity index (χ2v) is 9.19. The van der Waals surface area contributed by atoms with Crippen LogP contribution in [0.25, 0.3) is 0 Å². The second kappa shape index (κ2) is 12.8. The Bertz CT molecular complexity index is 1120. The molecule has 1 aliphatic rings. The fourth-order valence-electron chi connectivity index (χ4n) is 4.62. The van der Waals surface area contributed by atoms with Gasteiger partial charge in [0, 0.05) is 37.8 Å². The minimum absolute atomic E-state index is 0.0598. The third-order valence-corrected chi connectivity index (χ3v) is 6.69. The van der Waals surface area contributed by atoms with Crippen molar-refractivity contribution in [2.24, 2.45) is 0 Å². The first-order chi connectivity index (χ1) is 17.6. The number of benzene rings is 3. The number of carbonyl (C=O) groups is 2. The molecular formula is C30H35N3O3. The lowest BCUT2D eigenvalue weighted by molar-refractivity contribution is -0.121. The molecule has 2 amide bonds. The predicted octanol–water partition coefficient (Wildman–Crippen LogP) is 4.39. The van der Waals surface area contributed by atoms with Crippen LogP contribution in [0.4, 0.5) is 5.69 Å². The number of carbonyl (C=O) groups excluding carboxylic acids is 2. The molecule has 1 aliphatic heterocycles. The minimum Gasteiger partial charge on any atom is -0.497 e. The number of anilines is 1. The third kappa shape index (κ3) is 7.11. The Morgan fingerprint density at radius 1 is 0.861 bits per heavy atom. The number of rotatable bonds is 10. The van der Waals surface area contributed by atoms with Crippen LogP contribution in [-0.2, 0) is 17.6 Å². The van der Waals surface area contributed by atoms with E-state index in [1.807, 2.05) is 66.7 Å². The van der Waals surface area contributed by atoms with E-state index in [-0.39, 0.29) is 17.9 Å². The maximum atomic E-state index is 13.0. The number of piperidine rings is 1. The Hall–Kier alpha value is -3.80. The zero-order chi connectivity index (χ0) is 25.2. The quantitative estimate of drug-likeness (QED) is 0.447. The lowest BCUT2D eigenvalue weighted by atomic mass is 10.0. The highest BCUT2D eigenvalue weighted by molar-refractivity contribution is 5.99. The molecule has 188 valence electrons. The molecule has 2 N–H and O–H groups in total. The van der Waals surface area contributed by atoms with Crippen LogP contribution in [0.15, 0.2) is 78.9 Å². The number of hydrogen-bond donors (Lipinski definition) is 2. The first-order valence-electron chi connectivity index (χ1n) is 12.7. The molecule has 0 aromatic heterocycles. The van der Waals surface area contributed by atoms with Crippen LogP contribution in [-0.4, -0.2) is 44.6 Å². The fraction of sp³-hybridized carbons (Fsp3) is 0.333. The first kappa shape index (κ1) is 25.3. The van der Waals surface area contributed by atoms with Gasteiger partial charge in [0.1, 0.15) is 5.75 Å². The second-order valence-electron chi connectivity index (χ2n) is 9.19. The average molecular weight is 486 g/mol. The van der Waals surface area contributed by atoms with Gasteiger partial charge in [0.05, 0.1) is 12.7 Å². The maximum Gasteiger partial charge on any atom is 0.253 e. The molecule has 6 heteroatoms. The number of hydrogen-bond acceptors (Lipinski definition) is 4. The molecule has 1 heterocycles. The molecule has 0 radical (unpaired) electrons. The molecule has 0 unspecified atom stereocenters. The highest BCUT2D eigenvalue weighted by Crippen LogP contribution is 2.24. The van der Waals surface area contributed by atoms with Crippen molar-refractivity contribution in [1.29, 1.82) is 0 Å². The van der Waals surface area contributed by atoms with E-state index in [9.17, 15) is 9.59 Å². The molecule has 4 rings (SSSR count). The van der Waals surface area contributed by atoms with Crippen LogP contribution in [0, 0.1) is 0 Å². The molecule has 3 aromatic rings. The fourth-order valence-corrected chi connectivity index (χ4v) is 4.62. The van der Waals surface area contributed by atoms with Crippen molar-refractivity contribution < 1.29 is 14.3 Å². The summed E-state index contributed by atoms with van der Waals surface area (Å²) >= 11 is 0. The molecule has 1 saturated heterocycles. The summed E-state index contributed by atoms with van der Waals surface area (Å²) in [5.74, 6) is 0.872. The van der Waals surface area contributed by atoms with Gasteiger partial charge in [0.2, 0.25) is 5.91 Å². The lowest BCUT2D eigenvalue weighted by Gasteiger charge is -2.35. The van der Waals surface area contributed by atoms with Crippen LogP contribution >= 0.6 is 0 Å². The standard InChI is InChI=1S/C30H35N3O3/c1-36-26-14-11-24(12-15-26)17-20-31-30(35)27-9-5-6-10-28(27)33-21-18-25(19-22-33)32-29(34)16-13-23-7-3-2-4-8-23/h2-12,14-15,25H,13,16-22H2,1H3,(H,31,35)(H,32,34). The Kier molecular flexibility index (Phi) is 8.98. The van der Waals surface area contributed by atoms with Crippen molar-refractivity contribution in [2.75, 3.05) is 31.6 Å². The van der Waals surface area contributed by atoms with Gasteiger partial charge in [-0.2, -0.15) is 0 Å². The van der Waals surface area contributed by atoms with Crippen LogP contribution < -0.4 is 20.3 Å². The van der Waals surface area contributed by atoms with Crippen molar-refractivity contribution in [2.45, 2.75) is 38.1 Å². The SMILES string of the molecule is COc1ccc(CCNC(=O)c2ccccc2N2CCC(NC(=O)CCc3ccccc3)CC2)cc1. The van der Waals surface area contributed by atoms with Gasteiger partial charge in [-0.05, 0) is 61.1 Å². The lowest BCUT2D eigenvalue weighted by Crippen LogP contribution is -2.45. The molecular weight excluding hydrogens is 450 g/mol. The van der Waals surface area contributed by atoms with E-state index in [1.165, 1.54) is 5.56 Å². The van der Waals surface area contributed by atoms with Crippen molar-refractivity contribution in [3.63, 3.8) is 0 Å². The molecule has 0 saturated carbocycles. The van der Waals surface area contributed by atoms with Gasteiger partial charge >= 0.3 is 0 Å². The summed E-state index contributed by atoms with van der Waals surface area (Å²) in [6.45, 7) is 2.18. The Labute approximate surface area is 213 Å². The number of para-hydroxylation sites is 1. The number of ether oxygens (including phenoxy) is 1. The zero-order valence-electron chi connectivity index (χ0n) is 20.9. The monoisotopic (exact) mass is 485 g/mol. The van der Waals surface area contributed by atoms with Crippen molar-refractivity contribution in [3.05, 3.63) is 95.6 Å². The number of methoxy groups -OCH3 is 1. The van der Waals surface area contributed by atoms with Gasteiger partial charge in [0.15, 0.2) is 0 Å². The highest BCUT2D eigenvalue weighted by atomic mass is 16.5. The van der Waals surface area contributed by atoms with Crippen LogP contribution in [0.3, 0.4) is 0 Å². The van der Waals surface area contributed by atoms with Gasteiger partial charge in [-0.15, -0.1) is 0 Å². The van der Waals surface area contributed by atoms with E-state index in [2.05, 4.69) is 27.7 Å². The normalized spacial score (nSPS) is 13.8. The molecule has 1 fully saturated rings. The summed E-state index contributed by atoms with van der Waals surface area (Å²) in [6.07, 6.45) is 3.75. The maximum absolute atomic E-state index is 13.0. The number of amides is 2. The van der Waals surface area contributed by atoms with Crippen molar-refractivity contribution >= 4 is 17.5 Å². The van der Waals surface area contributed by atoms with Gasteiger partial charge in [-0.3, -0.25) is 9.59 Å². The first-order valence-corrected chi connectivity index (χ1v) is 12.7. The van der Waals surface area contributed by atoms with Gasteiger partial charge < -0.3 is 20.3 Å². The summed E-state index contributed by atoms with van der Waals surface area (Å²) in [5, 5.41) is 6.26. The molecule has 6 nitrogen and oxygen atoms in total. The molecule has 0 bridgehead atoms. The topological polar surface area (TPSA) is 70.7 Å². The van der Waals surface area contributed by atoms with E-state index in [1.54, 1.807) is 7.11 Å². The van der Waals surface area contributed by atoms with E-state index in [0.29, 0.717) is 18.5 Å². The largest absolute Gasteiger partial charge is 0.497 e. The smallest absolute Gasteiger partial charge is 0.253 e. The molecule has 36 heavy (non-hydrogen) atoms. The van der Waals surface area contributed by atoms with Gasteiger partial charge in [-0.1, -0.05) is 54.6 Å². The summed E-state index contributed by atoms with van der Waals surface area (Å²) in [6, 6.07) is 25.9. The Morgan fingerprint density at radius 2 is 1.53 bits per heavy atom. The molecule has 3 aromatic carbocycles. The van der Waals surface area contributed by atoms with E-state index >= 15 is 0 Å². The number of nitrogens with one attached hydrogen (secondary N) is 2. The summed E-state index contributed by atoms with van der Waals surface area (Å²) in [7, 11) is 1.65. The summed E-state index contributed by atoms with van der Waals surface area (Å²) < 4.78 is 5.20. The summed E-state index contributed by atoms with van der Waals surface area (Å²) in [4.78, 5) is 27.7. The number of aryl methyl sites for hydroxylation is 1. The van der Waals surface area contributed by atoms with E-state index in [4.69, 9.17) is 4.74 Å². The average Bonchev–Trinajstić information content (AvgIpc) is 2.93. The van der Waals surface area contributed by atoms with E-state index < -0.39 is 0 Å². The third-order valence-electron chi connectivity index (χ3n) is 6.69. The van der Waals surface area contributed by atoms with Crippen LogP contribution in [0.2, 0.25) is 0 Å². The molecule has 0 atom stereocenters. The molecule has 0 aliphatic carbocycles. The van der Waals surface area contributed by atoms with Gasteiger partial charge in [0.25, 0.3) is 5.91 Å². The van der Waals surface area contributed by atoms with Crippen LogP contribution in [0.5, 0.6) is 5.75 Å². The van der Waals surface area contributed by atoms with Crippen molar-refractivity contribution in [1.82, 2.24) is 10.6 Å². The van der Waals surface area contributed by atoms with Crippen molar-refractivity contribution in [3.8, 4) is 5.75 Å².